The summed E-state index contributed by atoms with van der Waals surface area (Å²) in [4.78, 5) is 1.90. The summed E-state index contributed by atoms with van der Waals surface area (Å²) in [5.41, 5.74) is 0.298. The minimum Gasteiger partial charge on any atom is -0.314 e. The highest BCUT2D eigenvalue weighted by Crippen LogP contribution is 2.30. The molecule has 19 heavy (non-hydrogen) atoms. The first-order valence-electron chi connectivity index (χ1n) is 6.26. The first-order chi connectivity index (χ1) is 9.08. The minimum atomic E-state index is -2.46. The standard InChI is InChI=1S/C13H16ClF3N2/c14-9-1-2-10(11(15)7-9)12(8-13(16)17)19-5-3-18-4-6-19/h1-2,7,12-13,18H,3-6,8H2/t12-/m1/s1. The van der Waals surface area contributed by atoms with Gasteiger partial charge in [0.1, 0.15) is 5.82 Å². The summed E-state index contributed by atoms with van der Waals surface area (Å²) in [6.45, 7) is 2.74. The molecule has 1 aliphatic heterocycles. The number of hydrogen-bond acceptors (Lipinski definition) is 2. The van der Waals surface area contributed by atoms with Crippen LogP contribution < -0.4 is 5.32 Å². The molecule has 106 valence electrons. The van der Waals surface area contributed by atoms with Gasteiger partial charge in [-0.05, 0) is 12.1 Å². The summed E-state index contributed by atoms with van der Waals surface area (Å²) in [6, 6.07) is 3.63. The molecule has 0 saturated carbocycles. The van der Waals surface area contributed by atoms with Gasteiger partial charge in [0.05, 0.1) is 0 Å². The van der Waals surface area contributed by atoms with Crippen molar-refractivity contribution in [3.8, 4) is 0 Å². The average Bonchev–Trinajstić information content (AvgIpc) is 2.37. The first-order valence-corrected chi connectivity index (χ1v) is 6.63. The fourth-order valence-corrected chi connectivity index (χ4v) is 2.57. The predicted octanol–water partition coefficient (Wildman–Crippen LogP) is 3.08. The SMILES string of the molecule is Fc1cc(Cl)ccc1[C@@H](CC(F)F)N1CCNCC1. The monoisotopic (exact) mass is 292 g/mol. The Balaban J connectivity index is 2.25. The molecule has 1 aromatic carbocycles. The van der Waals surface area contributed by atoms with E-state index in [0.29, 0.717) is 18.7 Å². The number of nitrogens with zero attached hydrogens (tertiary/aromatic N) is 1. The quantitative estimate of drug-likeness (QED) is 0.917. The smallest absolute Gasteiger partial charge is 0.240 e. The minimum absolute atomic E-state index is 0.275. The van der Waals surface area contributed by atoms with Gasteiger partial charge in [-0.25, -0.2) is 13.2 Å². The van der Waals surface area contributed by atoms with Crippen molar-refractivity contribution in [1.29, 1.82) is 0 Å². The highest BCUT2D eigenvalue weighted by Gasteiger charge is 2.27. The van der Waals surface area contributed by atoms with Gasteiger partial charge in [0.2, 0.25) is 6.43 Å². The zero-order valence-corrected chi connectivity index (χ0v) is 11.1. The Bertz CT molecular complexity index is 422. The molecule has 0 amide bonds. The van der Waals surface area contributed by atoms with Crippen molar-refractivity contribution < 1.29 is 13.2 Å². The molecule has 0 bridgehead atoms. The van der Waals surface area contributed by atoms with Crippen LogP contribution in [0.1, 0.15) is 18.0 Å². The molecule has 0 unspecified atom stereocenters. The molecule has 1 aliphatic rings. The second-order valence-electron chi connectivity index (χ2n) is 4.59. The van der Waals surface area contributed by atoms with E-state index in [4.69, 9.17) is 11.6 Å². The molecule has 0 aliphatic carbocycles. The molecule has 2 rings (SSSR count). The number of nitrogens with one attached hydrogen (secondary N) is 1. The lowest BCUT2D eigenvalue weighted by Crippen LogP contribution is -2.45. The van der Waals surface area contributed by atoms with Crippen LogP contribution in [0.3, 0.4) is 0 Å². The summed E-state index contributed by atoms with van der Waals surface area (Å²) >= 11 is 5.70. The molecule has 2 nitrogen and oxygen atoms in total. The van der Waals surface area contributed by atoms with Crippen molar-refractivity contribution in [1.82, 2.24) is 10.2 Å². The lowest BCUT2D eigenvalue weighted by Gasteiger charge is -2.35. The van der Waals surface area contributed by atoms with Crippen LogP contribution in [-0.2, 0) is 0 Å². The molecule has 1 aromatic rings. The van der Waals surface area contributed by atoms with Crippen LogP contribution in [0.2, 0.25) is 5.02 Å². The van der Waals surface area contributed by atoms with Crippen LogP contribution in [0.5, 0.6) is 0 Å². The third-order valence-electron chi connectivity index (χ3n) is 3.32. The maximum Gasteiger partial charge on any atom is 0.240 e. The van der Waals surface area contributed by atoms with E-state index < -0.39 is 18.3 Å². The fourth-order valence-electron chi connectivity index (χ4n) is 2.41. The van der Waals surface area contributed by atoms with Crippen molar-refractivity contribution in [3.63, 3.8) is 0 Å². The van der Waals surface area contributed by atoms with E-state index in [0.717, 1.165) is 13.1 Å². The van der Waals surface area contributed by atoms with Gasteiger partial charge in [-0.15, -0.1) is 0 Å². The largest absolute Gasteiger partial charge is 0.314 e. The van der Waals surface area contributed by atoms with Crippen molar-refractivity contribution >= 4 is 11.6 Å². The number of rotatable bonds is 4. The molecule has 1 saturated heterocycles. The summed E-state index contributed by atoms with van der Waals surface area (Å²) in [6.07, 6.45) is -2.83. The van der Waals surface area contributed by atoms with E-state index in [9.17, 15) is 13.2 Å². The molecule has 1 N–H and O–H groups in total. The summed E-state index contributed by atoms with van der Waals surface area (Å²) in [5, 5.41) is 3.43. The Kier molecular flexibility index (Phi) is 5.07. The number of alkyl halides is 2. The summed E-state index contributed by atoms with van der Waals surface area (Å²) in [7, 11) is 0. The summed E-state index contributed by atoms with van der Waals surface area (Å²) in [5.74, 6) is -0.517. The third kappa shape index (κ3) is 3.84. The van der Waals surface area contributed by atoms with Crippen molar-refractivity contribution in [3.05, 3.63) is 34.6 Å². The number of hydrogen-bond donors (Lipinski definition) is 1. The normalized spacial score (nSPS) is 18.8. The second-order valence-corrected chi connectivity index (χ2v) is 5.03. The first kappa shape index (κ1) is 14.6. The number of piperazine rings is 1. The van der Waals surface area contributed by atoms with E-state index in [1.54, 1.807) is 6.07 Å². The molecular weight excluding hydrogens is 277 g/mol. The van der Waals surface area contributed by atoms with Crippen LogP contribution in [0.4, 0.5) is 13.2 Å². The van der Waals surface area contributed by atoms with Gasteiger partial charge >= 0.3 is 0 Å². The van der Waals surface area contributed by atoms with Gasteiger partial charge in [0.15, 0.2) is 0 Å². The van der Waals surface area contributed by atoms with Crippen LogP contribution in [0.15, 0.2) is 18.2 Å². The van der Waals surface area contributed by atoms with E-state index in [-0.39, 0.29) is 11.4 Å². The van der Waals surface area contributed by atoms with Crippen LogP contribution >= 0.6 is 11.6 Å². The van der Waals surface area contributed by atoms with E-state index in [2.05, 4.69) is 5.32 Å². The fraction of sp³-hybridized carbons (Fsp3) is 0.538. The Morgan fingerprint density at radius 2 is 1.95 bits per heavy atom. The maximum atomic E-state index is 13.9. The van der Waals surface area contributed by atoms with Gasteiger partial charge in [-0.1, -0.05) is 17.7 Å². The Hall–Kier alpha value is -0.780. The van der Waals surface area contributed by atoms with Gasteiger partial charge in [0, 0.05) is 49.2 Å². The topological polar surface area (TPSA) is 15.3 Å². The second kappa shape index (κ2) is 6.59. The van der Waals surface area contributed by atoms with Gasteiger partial charge in [-0.2, -0.15) is 0 Å². The van der Waals surface area contributed by atoms with Gasteiger partial charge in [-0.3, -0.25) is 4.90 Å². The van der Waals surface area contributed by atoms with Crippen molar-refractivity contribution in [2.45, 2.75) is 18.9 Å². The summed E-state index contributed by atoms with van der Waals surface area (Å²) < 4.78 is 39.4. The van der Waals surface area contributed by atoms with Gasteiger partial charge < -0.3 is 5.32 Å². The number of halogens is 4. The Labute approximate surface area is 115 Å². The molecular formula is C13H16ClF3N2. The van der Waals surface area contributed by atoms with Crippen molar-refractivity contribution in [2.24, 2.45) is 0 Å². The predicted molar refractivity (Wildman–Crippen MR) is 69.2 cm³/mol. The Morgan fingerprint density at radius 1 is 1.26 bits per heavy atom. The van der Waals surface area contributed by atoms with E-state index >= 15 is 0 Å². The molecule has 1 fully saturated rings. The van der Waals surface area contributed by atoms with Gasteiger partial charge in [0.25, 0.3) is 0 Å². The van der Waals surface area contributed by atoms with E-state index in [1.165, 1.54) is 12.1 Å². The van der Waals surface area contributed by atoms with Crippen LogP contribution in [-0.4, -0.2) is 37.5 Å². The molecule has 1 atom stereocenters. The van der Waals surface area contributed by atoms with Crippen LogP contribution in [0, 0.1) is 5.82 Å². The van der Waals surface area contributed by atoms with E-state index in [1.807, 2.05) is 4.90 Å². The molecule has 0 radical (unpaired) electrons. The molecule has 0 spiro atoms. The van der Waals surface area contributed by atoms with Crippen LogP contribution in [0.25, 0.3) is 0 Å². The highest BCUT2D eigenvalue weighted by atomic mass is 35.5. The maximum absolute atomic E-state index is 13.9. The van der Waals surface area contributed by atoms with Crippen molar-refractivity contribution in [2.75, 3.05) is 26.2 Å². The molecule has 1 heterocycles. The number of benzene rings is 1. The lowest BCUT2D eigenvalue weighted by atomic mass is 10.0. The third-order valence-corrected chi connectivity index (χ3v) is 3.55. The lowest BCUT2D eigenvalue weighted by molar-refractivity contribution is 0.0725. The average molecular weight is 293 g/mol. The Morgan fingerprint density at radius 3 is 2.53 bits per heavy atom. The zero-order valence-electron chi connectivity index (χ0n) is 10.4. The molecule has 6 heteroatoms. The molecule has 0 aromatic heterocycles. The zero-order chi connectivity index (χ0) is 13.8. The highest BCUT2D eigenvalue weighted by molar-refractivity contribution is 6.30.